The number of allylic oxidation sites excluding steroid dienone is 3. The fourth-order valence-electron chi connectivity index (χ4n) is 6.60. The number of hydrogen-bond acceptors (Lipinski definition) is 2. The fourth-order valence-corrected chi connectivity index (χ4v) is 6.60. The van der Waals surface area contributed by atoms with Crippen molar-refractivity contribution in [3.05, 3.63) is 208 Å². The van der Waals surface area contributed by atoms with Crippen LogP contribution in [0, 0.1) is 32.6 Å². The van der Waals surface area contributed by atoms with E-state index in [4.69, 9.17) is 0 Å². The summed E-state index contributed by atoms with van der Waals surface area (Å²) < 4.78 is 0. The number of hydrogen-bond donors (Lipinski definition) is 0. The Balaban J connectivity index is 1.02. The molecule has 2 nitrogen and oxygen atoms in total. The third kappa shape index (κ3) is 8.68. The van der Waals surface area contributed by atoms with E-state index in [1.165, 1.54) is 44.8 Å². The summed E-state index contributed by atoms with van der Waals surface area (Å²) in [5.74, 6) is 1.03. The number of anilines is 5. The molecular formula is C51H48N2. The summed E-state index contributed by atoms with van der Waals surface area (Å²) in [5, 5.41) is 0. The molecule has 1 aliphatic rings. The van der Waals surface area contributed by atoms with Crippen molar-refractivity contribution in [1.29, 1.82) is 0 Å². The number of nitrogens with zero attached hydrogens (tertiary/aromatic N) is 2. The van der Waals surface area contributed by atoms with E-state index in [-0.39, 0.29) is 0 Å². The molecule has 53 heavy (non-hydrogen) atoms. The third-order valence-electron chi connectivity index (χ3n) is 10.1. The second-order valence-electron chi connectivity index (χ2n) is 14.4. The van der Waals surface area contributed by atoms with Crippen molar-refractivity contribution in [3.63, 3.8) is 0 Å². The topological polar surface area (TPSA) is 6.48 Å². The van der Waals surface area contributed by atoms with Gasteiger partial charge in [0, 0.05) is 34.1 Å². The van der Waals surface area contributed by atoms with Gasteiger partial charge in [0.05, 0.1) is 0 Å². The van der Waals surface area contributed by atoms with E-state index in [1.54, 1.807) is 0 Å². The van der Waals surface area contributed by atoms with Crippen LogP contribution in [0.1, 0.15) is 52.8 Å². The molecule has 0 saturated carbocycles. The normalized spacial score (nSPS) is 15.5. The lowest BCUT2D eigenvalue weighted by Gasteiger charge is -2.30. The maximum absolute atomic E-state index is 2.39. The van der Waals surface area contributed by atoms with Gasteiger partial charge in [0.2, 0.25) is 0 Å². The zero-order valence-electron chi connectivity index (χ0n) is 31.4. The Labute approximate surface area is 316 Å². The molecular weight excluding hydrogens is 641 g/mol. The van der Waals surface area contributed by atoms with Crippen LogP contribution in [-0.4, -0.2) is 0 Å². The number of rotatable bonds is 10. The molecule has 6 aromatic rings. The second kappa shape index (κ2) is 16.0. The number of benzene rings is 6. The molecule has 0 radical (unpaired) electrons. The summed E-state index contributed by atoms with van der Waals surface area (Å²) in [6.45, 7) is 11.0. The molecule has 0 bridgehead atoms. The van der Waals surface area contributed by atoms with E-state index in [0.717, 1.165) is 28.3 Å². The molecule has 0 N–H and O–H groups in total. The lowest BCUT2D eigenvalue weighted by molar-refractivity contribution is 0.547. The van der Waals surface area contributed by atoms with Gasteiger partial charge < -0.3 is 9.80 Å². The van der Waals surface area contributed by atoms with Crippen LogP contribution in [0.5, 0.6) is 0 Å². The smallest absolute Gasteiger partial charge is 0.0462 e. The minimum absolute atomic E-state index is 0.490. The SMILES string of the molecule is Cc1ccc(N(C2=CC(C)C(C)C=C2)c2ccc(/C=C/c3ccc(/C=C/c4ccc(N(c5ccc(C)cc5)c5ccc(C)cc5)cc4)cc3)cc2)cc1. The maximum atomic E-state index is 2.39. The van der Waals surface area contributed by atoms with Crippen molar-refractivity contribution in [2.45, 2.75) is 34.6 Å². The Bertz CT molecular complexity index is 2190. The largest absolute Gasteiger partial charge is 0.311 e. The predicted octanol–water partition coefficient (Wildman–Crippen LogP) is 14.3. The highest BCUT2D eigenvalue weighted by Gasteiger charge is 2.19. The van der Waals surface area contributed by atoms with Gasteiger partial charge in [0.25, 0.3) is 0 Å². The summed E-state index contributed by atoms with van der Waals surface area (Å²) in [7, 11) is 0. The van der Waals surface area contributed by atoms with Gasteiger partial charge in [-0.1, -0.05) is 152 Å². The Morgan fingerprint density at radius 1 is 0.358 bits per heavy atom. The van der Waals surface area contributed by atoms with Gasteiger partial charge in [-0.2, -0.15) is 0 Å². The molecule has 7 rings (SSSR count). The highest BCUT2D eigenvalue weighted by atomic mass is 15.1. The predicted molar refractivity (Wildman–Crippen MR) is 230 cm³/mol. The van der Waals surface area contributed by atoms with Gasteiger partial charge in [0.1, 0.15) is 0 Å². The molecule has 0 aliphatic heterocycles. The van der Waals surface area contributed by atoms with Crippen molar-refractivity contribution in [1.82, 2.24) is 0 Å². The summed E-state index contributed by atoms with van der Waals surface area (Å²) in [4.78, 5) is 4.67. The van der Waals surface area contributed by atoms with Crippen molar-refractivity contribution in [3.8, 4) is 0 Å². The Morgan fingerprint density at radius 2 is 0.642 bits per heavy atom. The maximum Gasteiger partial charge on any atom is 0.0462 e. The van der Waals surface area contributed by atoms with Crippen LogP contribution in [-0.2, 0) is 0 Å². The van der Waals surface area contributed by atoms with Crippen LogP contribution in [0.25, 0.3) is 24.3 Å². The summed E-state index contributed by atoms with van der Waals surface area (Å²) >= 11 is 0. The van der Waals surface area contributed by atoms with Crippen molar-refractivity contribution in [2.75, 3.05) is 9.80 Å². The average molecular weight is 689 g/mol. The van der Waals surface area contributed by atoms with Crippen molar-refractivity contribution >= 4 is 52.7 Å². The van der Waals surface area contributed by atoms with Gasteiger partial charge in [-0.05, 0) is 122 Å². The molecule has 262 valence electrons. The van der Waals surface area contributed by atoms with E-state index in [0.29, 0.717) is 11.8 Å². The highest BCUT2D eigenvalue weighted by molar-refractivity contribution is 5.79. The van der Waals surface area contributed by atoms with Gasteiger partial charge in [-0.25, -0.2) is 0 Å². The highest BCUT2D eigenvalue weighted by Crippen LogP contribution is 2.36. The van der Waals surface area contributed by atoms with Gasteiger partial charge in [0.15, 0.2) is 0 Å². The van der Waals surface area contributed by atoms with Crippen LogP contribution >= 0.6 is 0 Å². The lowest BCUT2D eigenvalue weighted by Crippen LogP contribution is -2.19. The zero-order chi connectivity index (χ0) is 36.7. The monoisotopic (exact) mass is 688 g/mol. The molecule has 0 spiro atoms. The quantitative estimate of drug-likeness (QED) is 0.132. The number of aryl methyl sites for hydroxylation is 3. The minimum atomic E-state index is 0.490. The molecule has 2 unspecified atom stereocenters. The summed E-state index contributed by atoms with van der Waals surface area (Å²) in [6, 6.07) is 52.6. The van der Waals surface area contributed by atoms with E-state index in [2.05, 4.69) is 233 Å². The Hall–Kier alpha value is -6.12. The van der Waals surface area contributed by atoms with Gasteiger partial charge in [-0.3, -0.25) is 0 Å². The van der Waals surface area contributed by atoms with Crippen LogP contribution in [0.3, 0.4) is 0 Å². The van der Waals surface area contributed by atoms with Crippen LogP contribution < -0.4 is 9.80 Å². The Morgan fingerprint density at radius 3 is 0.962 bits per heavy atom. The van der Waals surface area contributed by atoms with E-state index < -0.39 is 0 Å². The molecule has 0 aromatic heterocycles. The third-order valence-corrected chi connectivity index (χ3v) is 10.1. The molecule has 0 saturated heterocycles. The first-order valence-corrected chi connectivity index (χ1v) is 18.7. The molecule has 2 heteroatoms. The fraction of sp³-hybridized carbons (Fsp3) is 0.137. The zero-order valence-corrected chi connectivity index (χ0v) is 31.4. The van der Waals surface area contributed by atoms with Crippen molar-refractivity contribution < 1.29 is 0 Å². The van der Waals surface area contributed by atoms with E-state index >= 15 is 0 Å². The van der Waals surface area contributed by atoms with Gasteiger partial charge >= 0.3 is 0 Å². The molecule has 2 atom stereocenters. The van der Waals surface area contributed by atoms with Crippen LogP contribution in [0.2, 0.25) is 0 Å². The first kappa shape index (κ1) is 35.3. The standard InChI is InChI=1S/C51H48N2/c1-37-6-25-46(26-7-37)52(47-27-8-38(2)9-28-47)49-32-21-44(22-33-49)19-17-42-13-15-43(16-14-42)18-20-45-23-34-50(35-24-45)53(48-29-10-39(3)11-30-48)51-31-12-40(4)41(5)36-51/h6-36,40-41H,1-5H3/b19-17+,20-18+. The second-order valence-corrected chi connectivity index (χ2v) is 14.4. The minimum Gasteiger partial charge on any atom is -0.311 e. The first-order chi connectivity index (χ1) is 25.8. The van der Waals surface area contributed by atoms with E-state index in [1.807, 2.05) is 0 Å². The Kier molecular flexibility index (Phi) is 10.7. The molecule has 0 amide bonds. The summed E-state index contributed by atoms with van der Waals surface area (Å²) in [5.41, 5.74) is 15.4. The molecule has 0 heterocycles. The van der Waals surface area contributed by atoms with E-state index in [9.17, 15) is 0 Å². The van der Waals surface area contributed by atoms with Crippen LogP contribution in [0.4, 0.5) is 28.4 Å². The van der Waals surface area contributed by atoms with Crippen LogP contribution in [0.15, 0.2) is 170 Å². The lowest BCUT2D eigenvalue weighted by atomic mass is 9.90. The molecule has 0 fully saturated rings. The molecule has 1 aliphatic carbocycles. The first-order valence-electron chi connectivity index (χ1n) is 18.7. The van der Waals surface area contributed by atoms with Crippen molar-refractivity contribution in [2.24, 2.45) is 11.8 Å². The average Bonchev–Trinajstić information content (AvgIpc) is 3.18. The molecule has 6 aromatic carbocycles. The van der Waals surface area contributed by atoms with Gasteiger partial charge in [-0.15, -0.1) is 0 Å². The summed E-state index contributed by atoms with van der Waals surface area (Å²) in [6.07, 6.45) is 15.7.